The zero-order valence-corrected chi connectivity index (χ0v) is 9.62. The van der Waals surface area contributed by atoms with Gasteiger partial charge in [-0.1, -0.05) is 12.1 Å². The molecule has 0 spiro atoms. The Bertz CT molecular complexity index is 784. The monoisotopic (exact) mass is 239 g/mol. The maximum atomic E-state index is 11.1. The summed E-state index contributed by atoms with van der Waals surface area (Å²) >= 11 is 0. The highest BCUT2D eigenvalue weighted by Gasteiger charge is 2.15. The van der Waals surface area contributed by atoms with Gasteiger partial charge >= 0.3 is 0 Å². The lowest BCUT2D eigenvalue weighted by molar-refractivity contribution is -0.383. The zero-order chi connectivity index (χ0) is 12.7. The minimum absolute atomic E-state index is 0.0676. The van der Waals surface area contributed by atoms with E-state index in [2.05, 4.69) is 9.97 Å². The van der Waals surface area contributed by atoms with E-state index in [4.69, 9.17) is 0 Å². The third kappa shape index (κ3) is 1.48. The molecule has 0 N–H and O–H groups in total. The molecule has 2 aromatic heterocycles. The van der Waals surface area contributed by atoms with Crippen molar-refractivity contribution in [1.29, 1.82) is 0 Å². The highest BCUT2D eigenvalue weighted by Crippen LogP contribution is 2.30. The fourth-order valence-electron chi connectivity index (χ4n) is 2.05. The largest absolute Gasteiger partial charge is 0.279 e. The molecule has 3 aromatic rings. The van der Waals surface area contributed by atoms with Crippen LogP contribution in [-0.2, 0) is 0 Å². The standard InChI is InChI=1S/C13H9N3O2/c1-8-5-6-10-13(15-8)12-9(7-14-10)3-2-4-11(12)16(17)18/h2-7H,1H3. The minimum Gasteiger partial charge on any atom is -0.258 e. The molecule has 5 nitrogen and oxygen atoms in total. The molecule has 0 fully saturated rings. The van der Waals surface area contributed by atoms with Gasteiger partial charge in [-0.15, -0.1) is 0 Å². The molecule has 0 bridgehead atoms. The van der Waals surface area contributed by atoms with E-state index < -0.39 is 0 Å². The van der Waals surface area contributed by atoms with Gasteiger partial charge in [-0.05, 0) is 19.1 Å². The van der Waals surface area contributed by atoms with Gasteiger partial charge in [0, 0.05) is 23.3 Å². The first-order valence-corrected chi connectivity index (χ1v) is 5.46. The fraction of sp³-hybridized carbons (Fsp3) is 0.0769. The normalized spacial score (nSPS) is 10.9. The lowest BCUT2D eigenvalue weighted by Crippen LogP contribution is -1.93. The summed E-state index contributed by atoms with van der Waals surface area (Å²) < 4.78 is 0. The molecule has 0 aliphatic heterocycles. The summed E-state index contributed by atoms with van der Waals surface area (Å²) in [7, 11) is 0. The summed E-state index contributed by atoms with van der Waals surface area (Å²) in [5.41, 5.74) is 2.13. The molecular weight excluding hydrogens is 230 g/mol. The van der Waals surface area contributed by atoms with Crippen LogP contribution in [0, 0.1) is 17.0 Å². The van der Waals surface area contributed by atoms with Gasteiger partial charge in [0.25, 0.3) is 5.69 Å². The second kappa shape index (κ2) is 3.73. The first kappa shape index (κ1) is 10.6. The molecule has 5 heteroatoms. The molecule has 0 amide bonds. The average Bonchev–Trinajstić information content (AvgIpc) is 2.37. The van der Waals surface area contributed by atoms with E-state index in [9.17, 15) is 10.1 Å². The molecule has 0 aliphatic rings. The lowest BCUT2D eigenvalue weighted by atomic mass is 10.1. The van der Waals surface area contributed by atoms with Crippen molar-refractivity contribution in [3.63, 3.8) is 0 Å². The Labute approximate surface area is 102 Å². The number of non-ortho nitro benzene ring substituents is 1. The molecular formula is C13H9N3O2. The molecule has 0 aliphatic carbocycles. The Morgan fingerprint density at radius 1 is 1.22 bits per heavy atom. The third-order valence-corrected chi connectivity index (χ3v) is 2.86. The van der Waals surface area contributed by atoms with Crippen LogP contribution < -0.4 is 0 Å². The topological polar surface area (TPSA) is 68.9 Å². The van der Waals surface area contributed by atoms with Crippen molar-refractivity contribution in [1.82, 2.24) is 9.97 Å². The Morgan fingerprint density at radius 3 is 2.83 bits per heavy atom. The van der Waals surface area contributed by atoms with Crippen LogP contribution in [0.5, 0.6) is 0 Å². The van der Waals surface area contributed by atoms with Crippen LogP contribution in [0.15, 0.2) is 36.5 Å². The second-order valence-corrected chi connectivity index (χ2v) is 4.08. The third-order valence-electron chi connectivity index (χ3n) is 2.86. The lowest BCUT2D eigenvalue weighted by Gasteiger charge is -2.04. The number of fused-ring (bicyclic) bond motifs is 3. The summed E-state index contributed by atoms with van der Waals surface area (Å²) in [6, 6.07) is 8.62. The van der Waals surface area contributed by atoms with Crippen molar-refractivity contribution >= 4 is 27.5 Å². The molecule has 0 unspecified atom stereocenters. The number of pyridine rings is 2. The number of hydrogen-bond acceptors (Lipinski definition) is 4. The first-order chi connectivity index (χ1) is 8.66. The average molecular weight is 239 g/mol. The Hall–Kier alpha value is -2.56. The van der Waals surface area contributed by atoms with E-state index in [0.717, 1.165) is 11.1 Å². The van der Waals surface area contributed by atoms with Gasteiger partial charge in [-0.2, -0.15) is 0 Å². The van der Waals surface area contributed by atoms with Crippen LogP contribution >= 0.6 is 0 Å². The zero-order valence-electron chi connectivity index (χ0n) is 9.62. The van der Waals surface area contributed by atoms with Crippen LogP contribution in [0.2, 0.25) is 0 Å². The highest BCUT2D eigenvalue weighted by molar-refractivity contribution is 6.08. The first-order valence-electron chi connectivity index (χ1n) is 5.46. The van der Waals surface area contributed by atoms with Gasteiger partial charge in [0.2, 0.25) is 0 Å². The smallest absolute Gasteiger partial charge is 0.258 e. The van der Waals surface area contributed by atoms with Gasteiger partial charge < -0.3 is 0 Å². The van der Waals surface area contributed by atoms with Crippen LogP contribution in [0.1, 0.15) is 5.69 Å². The Balaban J connectivity index is 2.58. The summed E-state index contributed by atoms with van der Waals surface area (Å²) in [4.78, 5) is 19.4. The van der Waals surface area contributed by atoms with Gasteiger partial charge in [0.05, 0.1) is 15.8 Å². The van der Waals surface area contributed by atoms with Crippen molar-refractivity contribution in [2.45, 2.75) is 6.92 Å². The minimum atomic E-state index is -0.383. The number of nitrogens with zero attached hydrogens (tertiary/aromatic N) is 3. The summed E-state index contributed by atoms with van der Waals surface area (Å²) in [5, 5.41) is 12.4. The van der Waals surface area contributed by atoms with Crippen LogP contribution in [0.4, 0.5) is 5.69 Å². The number of aryl methyl sites for hydroxylation is 1. The van der Waals surface area contributed by atoms with Gasteiger partial charge in [-0.3, -0.25) is 20.1 Å². The summed E-state index contributed by atoms with van der Waals surface area (Å²) in [6.07, 6.45) is 1.64. The highest BCUT2D eigenvalue weighted by atomic mass is 16.6. The van der Waals surface area contributed by atoms with Crippen LogP contribution in [0.25, 0.3) is 21.8 Å². The summed E-state index contributed by atoms with van der Waals surface area (Å²) in [6.45, 7) is 1.85. The molecule has 88 valence electrons. The van der Waals surface area contributed by atoms with Gasteiger partial charge in [-0.25, -0.2) is 0 Å². The van der Waals surface area contributed by atoms with Gasteiger partial charge in [0.15, 0.2) is 0 Å². The van der Waals surface area contributed by atoms with E-state index in [1.165, 1.54) is 6.07 Å². The molecule has 0 saturated heterocycles. The number of nitro benzene ring substituents is 1. The van der Waals surface area contributed by atoms with Crippen molar-refractivity contribution in [3.05, 3.63) is 52.3 Å². The molecule has 1 aromatic carbocycles. The molecule has 2 heterocycles. The van der Waals surface area contributed by atoms with Crippen molar-refractivity contribution in [2.75, 3.05) is 0 Å². The van der Waals surface area contributed by atoms with Crippen molar-refractivity contribution in [3.8, 4) is 0 Å². The number of benzene rings is 1. The molecule has 0 radical (unpaired) electrons. The molecule has 3 rings (SSSR count). The van der Waals surface area contributed by atoms with E-state index in [1.807, 2.05) is 19.1 Å². The maximum absolute atomic E-state index is 11.1. The molecule has 18 heavy (non-hydrogen) atoms. The molecule has 0 saturated carbocycles. The fourth-order valence-corrected chi connectivity index (χ4v) is 2.05. The summed E-state index contributed by atoms with van der Waals surface area (Å²) in [5.74, 6) is 0. The SMILES string of the molecule is Cc1ccc2ncc3cccc([N+](=O)[O-])c3c2n1. The van der Waals surface area contributed by atoms with Crippen LogP contribution in [0.3, 0.4) is 0 Å². The van der Waals surface area contributed by atoms with Crippen LogP contribution in [-0.4, -0.2) is 14.9 Å². The Morgan fingerprint density at radius 2 is 2.06 bits per heavy atom. The number of rotatable bonds is 1. The van der Waals surface area contributed by atoms with E-state index in [0.29, 0.717) is 16.4 Å². The maximum Gasteiger partial charge on any atom is 0.279 e. The Kier molecular flexibility index (Phi) is 2.19. The molecule has 0 atom stereocenters. The number of aromatic nitrogens is 2. The van der Waals surface area contributed by atoms with Crippen molar-refractivity contribution in [2.24, 2.45) is 0 Å². The predicted molar refractivity (Wildman–Crippen MR) is 68.4 cm³/mol. The van der Waals surface area contributed by atoms with E-state index >= 15 is 0 Å². The quantitative estimate of drug-likeness (QED) is 0.372. The van der Waals surface area contributed by atoms with Gasteiger partial charge in [0.1, 0.15) is 5.52 Å². The number of hydrogen-bond donors (Lipinski definition) is 0. The number of nitro groups is 1. The van der Waals surface area contributed by atoms with E-state index in [-0.39, 0.29) is 10.6 Å². The van der Waals surface area contributed by atoms with Crippen molar-refractivity contribution < 1.29 is 4.92 Å². The predicted octanol–water partition coefficient (Wildman–Crippen LogP) is 3.00. The second-order valence-electron chi connectivity index (χ2n) is 4.08. The van der Waals surface area contributed by atoms with E-state index in [1.54, 1.807) is 18.3 Å².